The van der Waals surface area contributed by atoms with Crippen LogP contribution in [-0.2, 0) is 10.2 Å². The Kier molecular flexibility index (Phi) is 3.45. The molecule has 2 nitrogen and oxygen atoms in total. The number of halogens is 2. The third-order valence-corrected chi connectivity index (χ3v) is 3.43. The Morgan fingerprint density at radius 1 is 1.35 bits per heavy atom. The quantitative estimate of drug-likeness (QED) is 0.877. The van der Waals surface area contributed by atoms with E-state index in [1.54, 1.807) is 6.07 Å². The van der Waals surface area contributed by atoms with Crippen LogP contribution in [0.1, 0.15) is 18.9 Å². The van der Waals surface area contributed by atoms with Crippen molar-refractivity contribution in [1.82, 2.24) is 0 Å². The number of ether oxygens (including phenoxy) is 1. The summed E-state index contributed by atoms with van der Waals surface area (Å²) in [5.74, 6) is -1.27. The zero-order valence-electron chi connectivity index (χ0n) is 9.88. The van der Waals surface area contributed by atoms with E-state index in [4.69, 9.17) is 10.5 Å². The van der Waals surface area contributed by atoms with Gasteiger partial charge in [-0.15, -0.1) is 0 Å². The third-order valence-electron chi connectivity index (χ3n) is 3.43. The number of hydrogen-bond acceptors (Lipinski definition) is 2. The SMILES string of the molecule is CC(CN)CC1(c2ccc(F)c(F)c2)COC1. The van der Waals surface area contributed by atoms with Crippen LogP contribution in [0.4, 0.5) is 8.78 Å². The van der Waals surface area contributed by atoms with Crippen molar-refractivity contribution >= 4 is 0 Å². The lowest BCUT2D eigenvalue weighted by Crippen LogP contribution is -2.48. The van der Waals surface area contributed by atoms with Crippen LogP contribution < -0.4 is 5.73 Å². The first kappa shape index (κ1) is 12.5. The van der Waals surface area contributed by atoms with Gasteiger partial charge in [0, 0.05) is 5.41 Å². The van der Waals surface area contributed by atoms with Crippen molar-refractivity contribution in [3.05, 3.63) is 35.4 Å². The molecule has 0 aliphatic carbocycles. The molecule has 1 saturated heterocycles. The summed E-state index contributed by atoms with van der Waals surface area (Å²) in [6.07, 6.45) is 0.842. The smallest absolute Gasteiger partial charge is 0.159 e. The summed E-state index contributed by atoms with van der Waals surface area (Å²) < 4.78 is 31.4. The van der Waals surface area contributed by atoms with Gasteiger partial charge in [0.2, 0.25) is 0 Å². The molecule has 94 valence electrons. The minimum absolute atomic E-state index is 0.187. The average molecular weight is 241 g/mol. The van der Waals surface area contributed by atoms with Crippen LogP contribution >= 0.6 is 0 Å². The molecular formula is C13H17F2NO. The van der Waals surface area contributed by atoms with Crippen LogP contribution in [0.25, 0.3) is 0 Å². The molecule has 1 aromatic rings. The number of rotatable bonds is 4. The molecule has 0 aromatic heterocycles. The molecule has 1 unspecified atom stereocenters. The molecule has 0 amide bonds. The molecule has 2 N–H and O–H groups in total. The van der Waals surface area contributed by atoms with E-state index in [9.17, 15) is 8.78 Å². The molecular weight excluding hydrogens is 224 g/mol. The van der Waals surface area contributed by atoms with Gasteiger partial charge in [-0.05, 0) is 36.6 Å². The molecule has 2 rings (SSSR count). The molecule has 4 heteroatoms. The van der Waals surface area contributed by atoms with E-state index in [2.05, 4.69) is 6.92 Å². The normalized spacial score (nSPS) is 19.8. The second-order valence-electron chi connectivity index (χ2n) is 4.95. The number of hydrogen-bond donors (Lipinski definition) is 1. The van der Waals surface area contributed by atoms with E-state index >= 15 is 0 Å². The van der Waals surface area contributed by atoms with Gasteiger partial charge in [0.05, 0.1) is 13.2 Å². The van der Waals surface area contributed by atoms with Crippen LogP contribution in [-0.4, -0.2) is 19.8 Å². The van der Waals surface area contributed by atoms with Crippen molar-refractivity contribution in [2.24, 2.45) is 11.7 Å². The molecule has 17 heavy (non-hydrogen) atoms. The fraction of sp³-hybridized carbons (Fsp3) is 0.538. The van der Waals surface area contributed by atoms with Gasteiger partial charge < -0.3 is 10.5 Å². The van der Waals surface area contributed by atoms with Gasteiger partial charge in [-0.25, -0.2) is 8.78 Å². The lowest BCUT2D eigenvalue weighted by molar-refractivity contribution is -0.0703. The van der Waals surface area contributed by atoms with E-state index < -0.39 is 11.6 Å². The zero-order valence-corrected chi connectivity index (χ0v) is 9.88. The second-order valence-corrected chi connectivity index (χ2v) is 4.95. The van der Waals surface area contributed by atoms with E-state index in [0.29, 0.717) is 25.7 Å². The lowest BCUT2D eigenvalue weighted by atomic mass is 9.72. The van der Waals surface area contributed by atoms with Gasteiger partial charge in [-0.3, -0.25) is 0 Å². The van der Waals surface area contributed by atoms with Gasteiger partial charge >= 0.3 is 0 Å². The summed E-state index contributed by atoms with van der Waals surface area (Å²) in [5.41, 5.74) is 6.24. The van der Waals surface area contributed by atoms with E-state index in [1.807, 2.05) is 0 Å². The van der Waals surface area contributed by atoms with Gasteiger partial charge in [0.1, 0.15) is 0 Å². The van der Waals surface area contributed by atoms with Crippen LogP contribution in [0.15, 0.2) is 18.2 Å². The Morgan fingerprint density at radius 2 is 2.06 bits per heavy atom. The summed E-state index contributed by atoms with van der Waals surface area (Å²) in [6.45, 7) is 3.76. The molecule has 1 aliphatic heterocycles. The minimum Gasteiger partial charge on any atom is -0.379 e. The third kappa shape index (κ3) is 2.33. The second kappa shape index (κ2) is 4.70. The van der Waals surface area contributed by atoms with Crippen molar-refractivity contribution in [2.45, 2.75) is 18.8 Å². The first-order valence-corrected chi connectivity index (χ1v) is 5.81. The van der Waals surface area contributed by atoms with Gasteiger partial charge in [0.25, 0.3) is 0 Å². The highest BCUT2D eigenvalue weighted by Crippen LogP contribution is 2.38. The van der Waals surface area contributed by atoms with Crippen molar-refractivity contribution in [1.29, 1.82) is 0 Å². The largest absolute Gasteiger partial charge is 0.379 e. The van der Waals surface area contributed by atoms with Crippen LogP contribution in [0.3, 0.4) is 0 Å². The summed E-state index contributed by atoms with van der Waals surface area (Å²) >= 11 is 0. The van der Waals surface area contributed by atoms with E-state index in [-0.39, 0.29) is 5.41 Å². The molecule has 0 radical (unpaired) electrons. The maximum atomic E-state index is 13.2. The Balaban J connectivity index is 2.25. The molecule has 1 aromatic carbocycles. The molecule has 0 bridgehead atoms. The Morgan fingerprint density at radius 3 is 2.53 bits per heavy atom. The average Bonchev–Trinajstić information content (AvgIpc) is 2.27. The first-order chi connectivity index (χ1) is 8.07. The van der Waals surface area contributed by atoms with Crippen molar-refractivity contribution in [2.75, 3.05) is 19.8 Å². The molecule has 1 atom stereocenters. The van der Waals surface area contributed by atoms with Crippen molar-refractivity contribution < 1.29 is 13.5 Å². The predicted octanol–water partition coefficient (Wildman–Crippen LogP) is 2.22. The van der Waals surface area contributed by atoms with Gasteiger partial charge in [0.15, 0.2) is 11.6 Å². The highest BCUT2D eigenvalue weighted by molar-refractivity contribution is 5.29. The topological polar surface area (TPSA) is 35.2 Å². The highest BCUT2D eigenvalue weighted by Gasteiger charge is 2.41. The van der Waals surface area contributed by atoms with E-state index in [0.717, 1.165) is 12.0 Å². The Bertz CT molecular complexity index is 404. The molecule has 0 saturated carbocycles. The number of benzene rings is 1. The van der Waals surface area contributed by atoms with Crippen LogP contribution in [0, 0.1) is 17.6 Å². The standard InChI is InChI=1S/C13H17F2NO/c1-9(6-16)5-13(7-17-8-13)10-2-3-11(14)12(15)4-10/h2-4,9H,5-8,16H2,1H3. The van der Waals surface area contributed by atoms with Crippen LogP contribution in [0.5, 0.6) is 0 Å². The van der Waals surface area contributed by atoms with Gasteiger partial charge in [-0.2, -0.15) is 0 Å². The van der Waals surface area contributed by atoms with Crippen molar-refractivity contribution in [3.63, 3.8) is 0 Å². The fourth-order valence-electron chi connectivity index (χ4n) is 2.33. The summed E-state index contributed by atoms with van der Waals surface area (Å²) in [5, 5.41) is 0. The Hall–Kier alpha value is -1.00. The van der Waals surface area contributed by atoms with Gasteiger partial charge in [-0.1, -0.05) is 13.0 Å². The zero-order chi connectivity index (χ0) is 12.5. The highest BCUT2D eigenvalue weighted by atomic mass is 19.2. The summed E-state index contributed by atoms with van der Waals surface area (Å²) in [6, 6.07) is 4.10. The summed E-state index contributed by atoms with van der Waals surface area (Å²) in [4.78, 5) is 0. The fourth-order valence-corrected chi connectivity index (χ4v) is 2.33. The molecule has 1 heterocycles. The minimum atomic E-state index is -0.809. The van der Waals surface area contributed by atoms with E-state index in [1.165, 1.54) is 12.1 Å². The summed E-state index contributed by atoms with van der Waals surface area (Å²) in [7, 11) is 0. The maximum absolute atomic E-state index is 13.2. The number of nitrogens with two attached hydrogens (primary N) is 1. The van der Waals surface area contributed by atoms with Crippen molar-refractivity contribution in [3.8, 4) is 0 Å². The molecule has 0 spiro atoms. The molecule has 1 aliphatic rings. The van der Waals surface area contributed by atoms with Crippen LogP contribution in [0.2, 0.25) is 0 Å². The predicted molar refractivity (Wildman–Crippen MR) is 61.7 cm³/mol. The maximum Gasteiger partial charge on any atom is 0.159 e. The molecule has 1 fully saturated rings. The first-order valence-electron chi connectivity index (χ1n) is 5.81. The monoisotopic (exact) mass is 241 g/mol. The Labute approximate surface area is 99.8 Å². The lowest BCUT2D eigenvalue weighted by Gasteiger charge is -2.43.